The van der Waals surface area contributed by atoms with Gasteiger partial charge in [-0.25, -0.2) is 0 Å². The van der Waals surface area contributed by atoms with Gasteiger partial charge in [0.25, 0.3) is 0 Å². The van der Waals surface area contributed by atoms with Gasteiger partial charge in [0.2, 0.25) is 0 Å². The van der Waals surface area contributed by atoms with Gasteiger partial charge in [-0.05, 0) is 39.9 Å². The monoisotopic (exact) mass is 228 g/mol. The van der Waals surface area contributed by atoms with Crippen LogP contribution in [-0.2, 0) is 0 Å². The van der Waals surface area contributed by atoms with E-state index in [9.17, 15) is 0 Å². The molecule has 0 saturated heterocycles. The number of aliphatic imine (C=N–C) groups is 1. The highest BCUT2D eigenvalue weighted by Gasteiger charge is 1.98. The molecule has 0 rings (SSSR count). The second kappa shape index (κ2) is 9.46. The van der Waals surface area contributed by atoms with Crippen molar-refractivity contribution in [3.8, 4) is 0 Å². The van der Waals surface area contributed by atoms with E-state index in [-0.39, 0.29) is 0 Å². The molecule has 0 aromatic rings. The second-order valence-electron chi connectivity index (χ2n) is 4.70. The zero-order chi connectivity index (χ0) is 12.4. The van der Waals surface area contributed by atoms with Crippen LogP contribution in [0.1, 0.15) is 27.2 Å². The Hall–Kier alpha value is -0.770. The third kappa shape index (κ3) is 9.77. The molecule has 0 aliphatic carbocycles. The molecule has 0 spiro atoms. The normalized spacial score (nSPS) is 12.3. The Morgan fingerprint density at radius 1 is 1.25 bits per heavy atom. The number of hydrogen-bond acceptors (Lipinski definition) is 2. The molecule has 16 heavy (non-hydrogen) atoms. The third-order valence-electron chi connectivity index (χ3n) is 2.03. The van der Waals surface area contributed by atoms with Crippen LogP contribution in [0.15, 0.2) is 4.99 Å². The lowest BCUT2D eigenvalue weighted by atomic mass is 10.2. The summed E-state index contributed by atoms with van der Waals surface area (Å²) in [6.45, 7) is 10.3. The first-order valence-corrected chi connectivity index (χ1v) is 6.23. The van der Waals surface area contributed by atoms with Crippen LogP contribution in [0.3, 0.4) is 0 Å². The fourth-order valence-corrected chi connectivity index (χ4v) is 1.22. The van der Waals surface area contributed by atoms with Crippen LogP contribution in [0.5, 0.6) is 0 Å². The maximum atomic E-state index is 4.51. The van der Waals surface area contributed by atoms with Crippen molar-refractivity contribution in [3.05, 3.63) is 0 Å². The molecule has 0 bridgehead atoms. The molecule has 4 nitrogen and oxygen atoms in total. The smallest absolute Gasteiger partial charge is 0.191 e. The topological polar surface area (TPSA) is 39.7 Å². The van der Waals surface area contributed by atoms with Crippen molar-refractivity contribution in [1.82, 2.24) is 15.5 Å². The molecular formula is C12H28N4. The minimum atomic E-state index is 0.609. The Morgan fingerprint density at radius 2 is 1.94 bits per heavy atom. The van der Waals surface area contributed by atoms with E-state index in [0.29, 0.717) is 5.92 Å². The van der Waals surface area contributed by atoms with Gasteiger partial charge in [-0.3, -0.25) is 4.99 Å². The van der Waals surface area contributed by atoms with Crippen molar-refractivity contribution >= 4 is 5.96 Å². The number of guanidine groups is 1. The van der Waals surface area contributed by atoms with Gasteiger partial charge in [0.1, 0.15) is 0 Å². The largest absolute Gasteiger partial charge is 0.357 e. The van der Waals surface area contributed by atoms with Crippen molar-refractivity contribution < 1.29 is 0 Å². The Labute approximate surface area is 101 Å². The quantitative estimate of drug-likeness (QED) is 0.390. The van der Waals surface area contributed by atoms with E-state index in [1.807, 2.05) is 0 Å². The third-order valence-corrected chi connectivity index (χ3v) is 2.03. The highest BCUT2D eigenvalue weighted by molar-refractivity contribution is 5.79. The van der Waals surface area contributed by atoms with Gasteiger partial charge >= 0.3 is 0 Å². The predicted molar refractivity (Wildman–Crippen MR) is 72.0 cm³/mol. The van der Waals surface area contributed by atoms with Crippen molar-refractivity contribution in [2.75, 3.05) is 40.3 Å². The summed E-state index contributed by atoms with van der Waals surface area (Å²) < 4.78 is 0. The Bertz CT molecular complexity index is 187. The first-order valence-electron chi connectivity index (χ1n) is 6.23. The van der Waals surface area contributed by atoms with Crippen molar-refractivity contribution in [2.45, 2.75) is 27.2 Å². The van der Waals surface area contributed by atoms with Crippen LogP contribution < -0.4 is 10.6 Å². The van der Waals surface area contributed by atoms with Crippen LogP contribution in [0.4, 0.5) is 0 Å². The van der Waals surface area contributed by atoms with Crippen LogP contribution in [0.2, 0.25) is 0 Å². The van der Waals surface area contributed by atoms with Crippen molar-refractivity contribution in [1.29, 1.82) is 0 Å². The summed E-state index contributed by atoms with van der Waals surface area (Å²) in [6, 6.07) is 0. The Balaban J connectivity index is 3.80. The van der Waals surface area contributed by atoms with E-state index in [0.717, 1.165) is 38.6 Å². The minimum absolute atomic E-state index is 0.609. The minimum Gasteiger partial charge on any atom is -0.357 e. The van der Waals surface area contributed by atoms with Crippen LogP contribution in [0, 0.1) is 5.92 Å². The highest BCUT2D eigenvalue weighted by Crippen LogP contribution is 1.91. The Kier molecular flexibility index (Phi) is 9.00. The Morgan fingerprint density at radius 3 is 2.44 bits per heavy atom. The van der Waals surface area contributed by atoms with Crippen LogP contribution in [-0.4, -0.2) is 51.1 Å². The lowest BCUT2D eigenvalue weighted by Gasteiger charge is -2.13. The SMILES string of the molecule is CCNC(=NCC(C)C)NCCCN(C)C. The van der Waals surface area contributed by atoms with Gasteiger partial charge < -0.3 is 15.5 Å². The molecule has 0 amide bonds. The van der Waals surface area contributed by atoms with Gasteiger partial charge in [-0.1, -0.05) is 13.8 Å². The maximum absolute atomic E-state index is 4.51. The molecule has 0 fully saturated rings. The molecule has 96 valence electrons. The molecule has 0 aliphatic rings. The standard InChI is InChI=1S/C12H28N4/c1-6-13-12(15-10-11(2)3)14-8-7-9-16(4)5/h11H,6-10H2,1-5H3,(H2,13,14,15). The van der Waals surface area contributed by atoms with E-state index in [4.69, 9.17) is 0 Å². The van der Waals surface area contributed by atoms with Gasteiger partial charge in [0.05, 0.1) is 0 Å². The van der Waals surface area contributed by atoms with E-state index < -0.39 is 0 Å². The molecule has 4 heteroatoms. The second-order valence-corrected chi connectivity index (χ2v) is 4.70. The number of hydrogen-bond donors (Lipinski definition) is 2. The lowest BCUT2D eigenvalue weighted by molar-refractivity contribution is 0.399. The van der Waals surface area contributed by atoms with Crippen molar-refractivity contribution in [2.24, 2.45) is 10.9 Å². The predicted octanol–water partition coefficient (Wildman–Crippen LogP) is 1.15. The van der Waals surface area contributed by atoms with Gasteiger partial charge in [-0.2, -0.15) is 0 Å². The summed E-state index contributed by atoms with van der Waals surface area (Å²) in [4.78, 5) is 6.70. The number of rotatable bonds is 7. The fraction of sp³-hybridized carbons (Fsp3) is 0.917. The van der Waals surface area contributed by atoms with E-state index >= 15 is 0 Å². The van der Waals surface area contributed by atoms with E-state index in [1.165, 1.54) is 0 Å². The molecule has 0 radical (unpaired) electrons. The molecule has 0 saturated carbocycles. The fourth-order valence-electron chi connectivity index (χ4n) is 1.22. The highest BCUT2D eigenvalue weighted by atomic mass is 15.2. The van der Waals surface area contributed by atoms with E-state index in [1.54, 1.807) is 0 Å². The van der Waals surface area contributed by atoms with Crippen molar-refractivity contribution in [3.63, 3.8) is 0 Å². The molecule has 0 aromatic carbocycles. The summed E-state index contributed by atoms with van der Waals surface area (Å²) in [7, 11) is 4.19. The number of nitrogens with zero attached hydrogens (tertiary/aromatic N) is 2. The van der Waals surface area contributed by atoms with Crippen LogP contribution >= 0.6 is 0 Å². The summed E-state index contributed by atoms with van der Waals surface area (Å²) >= 11 is 0. The molecule has 0 aliphatic heterocycles. The summed E-state index contributed by atoms with van der Waals surface area (Å²) in [5, 5.41) is 6.59. The lowest BCUT2D eigenvalue weighted by Crippen LogP contribution is -2.38. The molecule has 0 atom stereocenters. The summed E-state index contributed by atoms with van der Waals surface area (Å²) in [5.74, 6) is 1.55. The average molecular weight is 228 g/mol. The van der Waals surface area contributed by atoms with Gasteiger partial charge in [-0.15, -0.1) is 0 Å². The zero-order valence-corrected chi connectivity index (χ0v) is 11.5. The van der Waals surface area contributed by atoms with E-state index in [2.05, 4.69) is 55.4 Å². The molecular weight excluding hydrogens is 200 g/mol. The summed E-state index contributed by atoms with van der Waals surface area (Å²) in [6.07, 6.45) is 1.14. The molecule has 0 unspecified atom stereocenters. The first kappa shape index (κ1) is 15.2. The zero-order valence-electron chi connectivity index (χ0n) is 11.5. The average Bonchev–Trinajstić information content (AvgIpc) is 2.20. The number of nitrogens with one attached hydrogen (secondary N) is 2. The maximum Gasteiger partial charge on any atom is 0.191 e. The van der Waals surface area contributed by atoms with Crippen LogP contribution in [0.25, 0.3) is 0 Å². The van der Waals surface area contributed by atoms with Gasteiger partial charge in [0, 0.05) is 19.6 Å². The molecule has 0 heterocycles. The summed E-state index contributed by atoms with van der Waals surface area (Å²) in [5.41, 5.74) is 0. The molecule has 2 N–H and O–H groups in total. The molecule has 0 aromatic heterocycles. The van der Waals surface area contributed by atoms with Gasteiger partial charge in [0.15, 0.2) is 5.96 Å². The first-order chi connectivity index (χ1) is 7.56.